The summed E-state index contributed by atoms with van der Waals surface area (Å²) in [5.41, 5.74) is 12.8. The first-order valence-electron chi connectivity index (χ1n) is 19.7. The Balaban J connectivity index is 1.38. The summed E-state index contributed by atoms with van der Waals surface area (Å²) in [4.78, 5) is 0. The van der Waals surface area contributed by atoms with Crippen LogP contribution in [0.25, 0.3) is 65.3 Å². The molecule has 54 heavy (non-hydrogen) atoms. The van der Waals surface area contributed by atoms with Gasteiger partial charge in [0.2, 0.25) is 0 Å². The smallest absolute Gasteiger partial charge is 0.0165 e. The molecule has 10 rings (SSSR count). The summed E-state index contributed by atoms with van der Waals surface area (Å²) in [5, 5.41) is 11.1. The first-order chi connectivity index (χ1) is 26.1. The molecule has 0 bridgehead atoms. The van der Waals surface area contributed by atoms with Crippen LogP contribution in [-0.4, -0.2) is 10.3 Å². The Hall–Kier alpha value is -4.34. The van der Waals surface area contributed by atoms with E-state index in [4.69, 9.17) is 0 Å². The number of hydrogen-bond acceptors (Lipinski definition) is 0. The lowest BCUT2D eigenvalue weighted by atomic mass is 9.83. The van der Waals surface area contributed by atoms with Crippen LogP contribution in [0.5, 0.6) is 0 Å². The molecule has 2 aliphatic heterocycles. The molecule has 0 aromatic heterocycles. The van der Waals surface area contributed by atoms with E-state index < -0.39 is 15.8 Å². The van der Waals surface area contributed by atoms with Crippen LogP contribution in [0.15, 0.2) is 146 Å². The van der Waals surface area contributed by atoms with E-state index in [0.717, 1.165) is 12.3 Å². The summed E-state index contributed by atoms with van der Waals surface area (Å²) in [5.74, 6) is 0. The number of fused-ring (bicyclic) bond motifs is 14. The molecule has 0 saturated heterocycles. The summed E-state index contributed by atoms with van der Waals surface area (Å²) >= 11 is 0. The van der Waals surface area contributed by atoms with Gasteiger partial charge in [-0.3, -0.25) is 0 Å². The van der Waals surface area contributed by atoms with Gasteiger partial charge in [-0.2, -0.15) is 0 Å². The molecule has 0 fully saturated rings. The van der Waals surface area contributed by atoms with Gasteiger partial charge in [0.1, 0.15) is 0 Å². The Morgan fingerprint density at radius 3 is 0.981 bits per heavy atom. The van der Waals surface area contributed by atoms with Crippen molar-refractivity contribution in [3.05, 3.63) is 168 Å². The maximum Gasteiger partial charge on any atom is 0.0165 e. The second kappa shape index (κ2) is 12.6. The largest absolute Gasteiger partial charge is 0.0880 e. The molecular weight excluding hydrogens is 687 g/mol. The maximum atomic E-state index is 2.59. The van der Waals surface area contributed by atoms with Crippen molar-refractivity contribution in [2.45, 2.75) is 75.5 Å². The van der Waals surface area contributed by atoms with Crippen LogP contribution in [0.3, 0.4) is 0 Å². The van der Waals surface area contributed by atoms with E-state index in [2.05, 4.69) is 187 Å². The van der Waals surface area contributed by atoms with Crippen molar-refractivity contribution < 1.29 is 0 Å². The van der Waals surface area contributed by atoms with E-state index in [1.54, 1.807) is 11.1 Å². The van der Waals surface area contributed by atoms with Gasteiger partial charge in [-0.25, -0.2) is 0 Å². The van der Waals surface area contributed by atoms with Gasteiger partial charge in [-0.1, -0.05) is 203 Å². The second-order valence-corrected chi connectivity index (χ2v) is 23.9. The minimum Gasteiger partial charge on any atom is -0.0880 e. The van der Waals surface area contributed by atoms with Crippen molar-refractivity contribution in [3.63, 3.8) is 0 Å². The zero-order valence-corrected chi connectivity index (χ0v) is 34.1. The molecule has 8 aromatic rings. The molecule has 2 heteroatoms. The molecule has 0 radical (unpaired) electrons. The van der Waals surface area contributed by atoms with Crippen molar-refractivity contribution in [3.8, 4) is 22.3 Å². The molecule has 0 aliphatic carbocycles. The second-order valence-electron chi connectivity index (χ2n) is 17.6. The fourth-order valence-corrected chi connectivity index (χ4v) is 17.3. The van der Waals surface area contributed by atoms with Crippen LogP contribution in [0, 0.1) is 0 Å². The minimum absolute atomic E-state index is 0.123. The zero-order chi connectivity index (χ0) is 36.9. The average molecular weight is 735 g/mol. The molecule has 0 unspecified atom stereocenters. The SMILES string of the molecule is CC(C)(C)[P@@]1Cc2ccc3ccccc3c2-c2c(ccc3ccccc23)[C@H]1[C@@H]1c2ccc3ccccc3c2-c2c(ccc3ccccc23)C[P@]1C(C)(C)C. The van der Waals surface area contributed by atoms with Gasteiger partial charge < -0.3 is 0 Å². The number of rotatable bonds is 1. The van der Waals surface area contributed by atoms with Crippen molar-refractivity contribution >= 4 is 58.9 Å². The van der Waals surface area contributed by atoms with E-state index >= 15 is 0 Å². The normalized spacial score (nSPS) is 19.9. The van der Waals surface area contributed by atoms with Crippen LogP contribution >= 0.6 is 15.8 Å². The molecule has 2 aliphatic rings. The van der Waals surface area contributed by atoms with E-state index in [1.807, 2.05) is 0 Å². The highest BCUT2D eigenvalue weighted by Gasteiger charge is 2.48. The van der Waals surface area contributed by atoms with Gasteiger partial charge in [0, 0.05) is 11.3 Å². The first kappa shape index (κ1) is 34.2. The summed E-state index contributed by atoms with van der Waals surface area (Å²) in [6.07, 6.45) is 2.24. The third-order valence-corrected chi connectivity index (χ3v) is 20.0. The average Bonchev–Trinajstić information content (AvgIpc) is 3.43. The Morgan fingerprint density at radius 2 is 0.648 bits per heavy atom. The van der Waals surface area contributed by atoms with E-state index in [-0.39, 0.29) is 10.3 Å². The lowest BCUT2D eigenvalue weighted by molar-refractivity contribution is 0.723. The molecule has 0 nitrogen and oxygen atoms in total. The Bertz CT molecular complexity index is 2580. The topological polar surface area (TPSA) is 0 Å². The van der Waals surface area contributed by atoms with Crippen molar-refractivity contribution in [2.24, 2.45) is 0 Å². The summed E-state index contributed by atoms with van der Waals surface area (Å²) in [6, 6.07) is 56.5. The minimum atomic E-state index is -0.557. The van der Waals surface area contributed by atoms with Crippen molar-refractivity contribution in [1.82, 2.24) is 0 Å². The molecule has 8 aromatic carbocycles. The lowest BCUT2D eigenvalue weighted by Gasteiger charge is -2.48. The first-order valence-corrected chi connectivity index (χ1v) is 22.9. The van der Waals surface area contributed by atoms with Crippen LogP contribution in [0.4, 0.5) is 0 Å². The Kier molecular flexibility index (Phi) is 7.97. The number of hydrogen-bond donors (Lipinski definition) is 0. The van der Waals surface area contributed by atoms with Gasteiger partial charge >= 0.3 is 0 Å². The Morgan fingerprint density at radius 1 is 0.352 bits per heavy atom. The fourth-order valence-electron chi connectivity index (χ4n) is 10.0. The third-order valence-electron chi connectivity index (χ3n) is 12.5. The lowest BCUT2D eigenvalue weighted by Crippen LogP contribution is -2.25. The van der Waals surface area contributed by atoms with Gasteiger partial charge in [0.25, 0.3) is 0 Å². The molecule has 0 amide bonds. The van der Waals surface area contributed by atoms with Crippen LogP contribution in [-0.2, 0) is 12.3 Å². The molecule has 0 saturated carbocycles. The van der Waals surface area contributed by atoms with E-state index in [0.29, 0.717) is 11.3 Å². The molecule has 2 heterocycles. The predicted octanol–water partition coefficient (Wildman–Crippen LogP) is 16.0. The standard InChI is InChI=1S/C52H48P2/c1-51(2,3)53-31-37-25-23-33-15-7-11-19-39(33)45(37)47-41-21-13-9-17-35(41)27-29-43(47)49(53)50-44-30-28-36-18-10-14-22-42(36)48(44)46-38(32-54(50)52(4,5)6)26-24-34-16-8-12-20-40(34)46/h7-30,49-50H,31-32H2,1-6H3/t49-,50-,53-,54-/m0/s1. The summed E-state index contributed by atoms with van der Waals surface area (Å²) in [7, 11) is -1.11. The van der Waals surface area contributed by atoms with Gasteiger partial charge in [0.05, 0.1) is 0 Å². The van der Waals surface area contributed by atoms with Crippen LogP contribution in [0.2, 0.25) is 0 Å². The summed E-state index contributed by atoms with van der Waals surface area (Å²) in [6.45, 7) is 15.3. The highest BCUT2D eigenvalue weighted by molar-refractivity contribution is 7.63. The molecule has 266 valence electrons. The molecule has 4 atom stereocenters. The van der Waals surface area contributed by atoms with Crippen LogP contribution in [0.1, 0.15) is 75.1 Å². The van der Waals surface area contributed by atoms with Gasteiger partial charge in [-0.05, 0) is 110 Å². The third kappa shape index (κ3) is 5.32. The Labute approximate surface area is 323 Å². The summed E-state index contributed by atoms with van der Waals surface area (Å²) < 4.78 is 0. The monoisotopic (exact) mass is 734 g/mol. The van der Waals surface area contributed by atoms with Crippen LogP contribution < -0.4 is 0 Å². The highest BCUT2D eigenvalue weighted by Crippen LogP contribution is 2.79. The molecule has 0 spiro atoms. The van der Waals surface area contributed by atoms with Gasteiger partial charge in [-0.15, -0.1) is 0 Å². The molecular formula is C52H48P2. The predicted molar refractivity (Wildman–Crippen MR) is 240 cm³/mol. The quantitative estimate of drug-likeness (QED) is 0.147. The zero-order valence-electron chi connectivity index (χ0n) is 32.3. The fraction of sp³-hybridized carbons (Fsp3) is 0.231. The van der Waals surface area contributed by atoms with Crippen molar-refractivity contribution in [2.75, 3.05) is 0 Å². The van der Waals surface area contributed by atoms with Crippen molar-refractivity contribution in [1.29, 1.82) is 0 Å². The van der Waals surface area contributed by atoms with E-state index in [1.165, 1.54) is 76.5 Å². The molecule has 0 N–H and O–H groups in total. The maximum absolute atomic E-state index is 2.59. The number of benzene rings is 8. The van der Waals surface area contributed by atoms with Gasteiger partial charge in [0.15, 0.2) is 0 Å². The highest BCUT2D eigenvalue weighted by atomic mass is 31.1. The van der Waals surface area contributed by atoms with E-state index in [9.17, 15) is 0 Å².